The molecule has 0 unspecified atom stereocenters. The van der Waals surface area contributed by atoms with E-state index in [1.54, 1.807) is 24.3 Å². The number of rotatable bonds is 11. The number of esters is 1. The molecule has 0 spiro atoms. The van der Waals surface area contributed by atoms with Gasteiger partial charge in [-0.05, 0) is 52.9 Å². The Bertz CT molecular complexity index is 1160. The van der Waals surface area contributed by atoms with Crippen LogP contribution in [0.2, 0.25) is 0 Å². The average molecular weight is 471 g/mol. The van der Waals surface area contributed by atoms with Crippen LogP contribution in [-0.4, -0.2) is 25.3 Å². The first kappa shape index (κ1) is 25.1. The number of ether oxygens (including phenoxy) is 4. The van der Waals surface area contributed by atoms with Crippen molar-refractivity contribution in [2.75, 3.05) is 13.2 Å². The van der Waals surface area contributed by atoms with Gasteiger partial charge in [-0.2, -0.15) is 0 Å². The standard InChI is InChI=1S/C29H26O6/c1-3-28(30)34-26-16-12-24(13-17-26)22-8-10-23(11-9-22)25-14-18-27(19-15-25)35-29(31)33-21-7-5-6-20-32-4-2/h3-6,8-19H,1-2,7,20-21H2/b6-5+. The molecular formula is C29H26O6. The number of benzene rings is 3. The summed E-state index contributed by atoms with van der Waals surface area (Å²) >= 11 is 0. The van der Waals surface area contributed by atoms with Gasteiger partial charge >= 0.3 is 12.1 Å². The Labute approximate surface area is 204 Å². The molecule has 3 rings (SSSR count). The molecule has 35 heavy (non-hydrogen) atoms. The Morgan fingerprint density at radius 3 is 1.66 bits per heavy atom. The van der Waals surface area contributed by atoms with Gasteiger partial charge in [0, 0.05) is 6.08 Å². The summed E-state index contributed by atoms with van der Waals surface area (Å²) in [5.74, 6) is 0.379. The minimum absolute atomic E-state index is 0.219. The van der Waals surface area contributed by atoms with Crippen LogP contribution < -0.4 is 9.47 Å². The fraction of sp³-hybridized carbons (Fsp3) is 0.103. The lowest BCUT2D eigenvalue weighted by molar-refractivity contribution is -0.128. The molecule has 6 heteroatoms. The second kappa shape index (κ2) is 13.2. The summed E-state index contributed by atoms with van der Waals surface area (Å²) < 4.78 is 20.3. The smallest absolute Gasteiger partial charge is 0.498 e. The van der Waals surface area contributed by atoms with E-state index in [1.807, 2.05) is 60.7 Å². The first-order valence-corrected chi connectivity index (χ1v) is 11.0. The van der Waals surface area contributed by atoms with E-state index in [9.17, 15) is 9.59 Å². The Balaban J connectivity index is 1.51. The van der Waals surface area contributed by atoms with Crippen LogP contribution in [0, 0.1) is 0 Å². The summed E-state index contributed by atoms with van der Waals surface area (Å²) in [7, 11) is 0. The van der Waals surface area contributed by atoms with Gasteiger partial charge in [-0.1, -0.05) is 73.8 Å². The summed E-state index contributed by atoms with van der Waals surface area (Å²) in [5.41, 5.74) is 4.03. The van der Waals surface area contributed by atoms with E-state index in [4.69, 9.17) is 18.9 Å². The van der Waals surface area contributed by atoms with Gasteiger partial charge < -0.3 is 18.9 Å². The van der Waals surface area contributed by atoms with Crippen molar-refractivity contribution in [3.63, 3.8) is 0 Å². The van der Waals surface area contributed by atoms with E-state index in [2.05, 4.69) is 13.2 Å². The van der Waals surface area contributed by atoms with Crippen molar-refractivity contribution in [3.8, 4) is 33.8 Å². The van der Waals surface area contributed by atoms with Gasteiger partial charge in [0.2, 0.25) is 0 Å². The monoisotopic (exact) mass is 470 g/mol. The molecule has 0 aliphatic heterocycles. The molecule has 0 saturated carbocycles. The number of hydrogen-bond acceptors (Lipinski definition) is 6. The van der Waals surface area contributed by atoms with Crippen LogP contribution in [0.25, 0.3) is 22.3 Å². The van der Waals surface area contributed by atoms with E-state index >= 15 is 0 Å². The molecule has 3 aromatic carbocycles. The summed E-state index contributed by atoms with van der Waals surface area (Å²) in [4.78, 5) is 23.1. The van der Waals surface area contributed by atoms with Crippen molar-refractivity contribution >= 4 is 12.1 Å². The van der Waals surface area contributed by atoms with Crippen molar-refractivity contribution in [1.82, 2.24) is 0 Å². The molecule has 0 saturated heterocycles. The lowest BCUT2D eigenvalue weighted by Gasteiger charge is -2.08. The fourth-order valence-corrected chi connectivity index (χ4v) is 3.09. The maximum atomic E-state index is 11.8. The third-order valence-electron chi connectivity index (χ3n) is 4.83. The SMILES string of the molecule is C=COC/C=C/CCOC(=O)Oc1ccc(-c2ccc(-c3ccc(OC(=O)C=C)cc3)cc2)cc1. The van der Waals surface area contributed by atoms with Crippen molar-refractivity contribution in [1.29, 1.82) is 0 Å². The molecular weight excluding hydrogens is 444 g/mol. The second-order valence-electron chi connectivity index (χ2n) is 7.21. The Morgan fingerprint density at radius 1 is 0.686 bits per heavy atom. The largest absolute Gasteiger partial charge is 0.513 e. The van der Waals surface area contributed by atoms with Gasteiger partial charge in [-0.15, -0.1) is 0 Å². The highest BCUT2D eigenvalue weighted by molar-refractivity contribution is 5.83. The zero-order valence-electron chi connectivity index (χ0n) is 19.2. The molecule has 178 valence electrons. The van der Waals surface area contributed by atoms with E-state index < -0.39 is 12.1 Å². The molecule has 0 atom stereocenters. The number of carbonyl (C=O) groups excluding carboxylic acids is 2. The van der Waals surface area contributed by atoms with Gasteiger partial charge in [0.25, 0.3) is 0 Å². The zero-order valence-corrected chi connectivity index (χ0v) is 19.2. The Hall–Kier alpha value is -4.58. The first-order chi connectivity index (χ1) is 17.1. The summed E-state index contributed by atoms with van der Waals surface area (Å²) in [6.07, 6.45) is 5.99. The summed E-state index contributed by atoms with van der Waals surface area (Å²) in [6.45, 7) is 7.49. The van der Waals surface area contributed by atoms with Crippen LogP contribution in [0.4, 0.5) is 4.79 Å². The van der Waals surface area contributed by atoms with Crippen LogP contribution in [0.3, 0.4) is 0 Å². The molecule has 0 bridgehead atoms. The normalized spacial score (nSPS) is 10.4. The molecule has 0 N–H and O–H groups in total. The summed E-state index contributed by atoms with van der Waals surface area (Å²) in [5, 5.41) is 0. The molecule has 0 heterocycles. The lowest BCUT2D eigenvalue weighted by Crippen LogP contribution is -2.11. The van der Waals surface area contributed by atoms with Gasteiger partial charge in [-0.3, -0.25) is 0 Å². The first-order valence-electron chi connectivity index (χ1n) is 11.0. The van der Waals surface area contributed by atoms with E-state index in [1.165, 1.54) is 6.26 Å². The zero-order chi connectivity index (χ0) is 24.9. The van der Waals surface area contributed by atoms with E-state index in [0.29, 0.717) is 24.5 Å². The molecule has 0 aliphatic rings. The predicted octanol–water partition coefficient (Wildman–Crippen LogP) is 6.73. The summed E-state index contributed by atoms with van der Waals surface area (Å²) in [6, 6.07) is 22.5. The van der Waals surface area contributed by atoms with Crippen LogP contribution in [0.1, 0.15) is 6.42 Å². The third kappa shape index (κ3) is 8.05. The number of carbonyl (C=O) groups is 2. The highest BCUT2D eigenvalue weighted by Crippen LogP contribution is 2.27. The highest BCUT2D eigenvalue weighted by Gasteiger charge is 2.07. The van der Waals surface area contributed by atoms with E-state index in [0.717, 1.165) is 28.3 Å². The third-order valence-corrected chi connectivity index (χ3v) is 4.83. The fourth-order valence-electron chi connectivity index (χ4n) is 3.09. The van der Waals surface area contributed by atoms with Crippen LogP contribution in [-0.2, 0) is 14.3 Å². The average Bonchev–Trinajstić information content (AvgIpc) is 2.89. The van der Waals surface area contributed by atoms with Crippen LogP contribution in [0.5, 0.6) is 11.5 Å². The molecule has 0 aromatic heterocycles. The molecule has 0 fully saturated rings. The van der Waals surface area contributed by atoms with Crippen molar-refractivity contribution < 1.29 is 28.5 Å². The lowest BCUT2D eigenvalue weighted by atomic mass is 10.0. The molecule has 0 aliphatic carbocycles. The maximum absolute atomic E-state index is 11.8. The maximum Gasteiger partial charge on any atom is 0.513 e. The molecule has 0 radical (unpaired) electrons. The van der Waals surface area contributed by atoms with Gasteiger partial charge in [0.05, 0.1) is 12.9 Å². The van der Waals surface area contributed by atoms with Crippen molar-refractivity contribution in [3.05, 3.63) is 110 Å². The molecule has 0 amide bonds. The quantitative estimate of drug-likeness (QED) is 0.0588. The minimum atomic E-state index is -0.747. The van der Waals surface area contributed by atoms with Crippen molar-refractivity contribution in [2.24, 2.45) is 0 Å². The van der Waals surface area contributed by atoms with Crippen LogP contribution >= 0.6 is 0 Å². The minimum Gasteiger partial charge on any atom is -0.498 e. The molecule has 3 aromatic rings. The van der Waals surface area contributed by atoms with Gasteiger partial charge in [-0.25, -0.2) is 9.59 Å². The van der Waals surface area contributed by atoms with E-state index in [-0.39, 0.29) is 6.61 Å². The van der Waals surface area contributed by atoms with Crippen LogP contribution in [0.15, 0.2) is 110 Å². The van der Waals surface area contributed by atoms with Gasteiger partial charge in [0.15, 0.2) is 0 Å². The predicted molar refractivity (Wildman–Crippen MR) is 135 cm³/mol. The Kier molecular flexibility index (Phi) is 9.45. The topological polar surface area (TPSA) is 71.1 Å². The highest BCUT2D eigenvalue weighted by atomic mass is 16.7. The Morgan fingerprint density at radius 2 is 1.17 bits per heavy atom. The van der Waals surface area contributed by atoms with Gasteiger partial charge in [0.1, 0.15) is 18.1 Å². The molecule has 6 nitrogen and oxygen atoms in total. The van der Waals surface area contributed by atoms with Crippen molar-refractivity contribution in [2.45, 2.75) is 6.42 Å². The second-order valence-corrected chi connectivity index (χ2v) is 7.21. The number of hydrogen-bond donors (Lipinski definition) is 0.